The average molecular weight is 341 g/mol. The molecule has 0 unspecified atom stereocenters. The van der Waals surface area contributed by atoms with Gasteiger partial charge in [-0.15, -0.1) is 0 Å². The zero-order valence-electron chi connectivity index (χ0n) is 16.0. The van der Waals surface area contributed by atoms with Gasteiger partial charge in [0.2, 0.25) is 0 Å². The van der Waals surface area contributed by atoms with Crippen LogP contribution in [0, 0.1) is 0 Å². The van der Waals surface area contributed by atoms with Crippen molar-refractivity contribution in [2.75, 3.05) is 0 Å². The first-order valence-corrected chi connectivity index (χ1v) is 12.5. The molecule has 0 amide bonds. The molecule has 0 fully saturated rings. The van der Waals surface area contributed by atoms with Crippen molar-refractivity contribution in [3.63, 3.8) is 0 Å². The summed E-state index contributed by atoms with van der Waals surface area (Å²) in [6, 6.07) is 20.5. The van der Waals surface area contributed by atoms with Gasteiger partial charge in [-0.05, 0) is 11.6 Å². The molecule has 24 heavy (non-hydrogen) atoms. The molecule has 0 aliphatic rings. The number of rotatable bonds is 4. The maximum absolute atomic E-state index is 11.7. The second kappa shape index (κ2) is 12.5. The first-order valence-electron chi connectivity index (χ1n) is 8.75. The maximum atomic E-state index is 11.7. The summed E-state index contributed by atoms with van der Waals surface area (Å²) in [5, 5.41) is 0. The third-order valence-corrected chi connectivity index (χ3v) is 5.47. The summed E-state index contributed by atoms with van der Waals surface area (Å²) in [6.45, 7) is 13.4. The quantitative estimate of drug-likeness (QED) is 0.334. The van der Waals surface area contributed by atoms with Gasteiger partial charge in [0.25, 0.3) is 0 Å². The van der Waals surface area contributed by atoms with Crippen LogP contribution >= 0.6 is 0 Å². The predicted octanol–water partition coefficient (Wildman–Crippen LogP) is 6.95. The van der Waals surface area contributed by atoms with E-state index < -0.39 is 8.07 Å². The van der Waals surface area contributed by atoms with E-state index in [1.54, 1.807) is 6.08 Å². The summed E-state index contributed by atoms with van der Waals surface area (Å²) in [5.41, 5.74) is 1.75. The monoisotopic (exact) mass is 340 g/mol. The Morgan fingerprint density at radius 2 is 1.29 bits per heavy atom. The van der Waals surface area contributed by atoms with Crippen molar-refractivity contribution in [1.29, 1.82) is 0 Å². The molecule has 2 rings (SSSR count). The number of carbonyl (C=O) groups excluding carboxylic acids is 1. The molecule has 0 spiro atoms. The molecule has 0 heterocycles. The molecule has 0 aliphatic carbocycles. The van der Waals surface area contributed by atoms with E-state index in [-0.39, 0.29) is 5.78 Å². The van der Waals surface area contributed by atoms with Crippen LogP contribution < -0.4 is 0 Å². The first kappa shape index (κ1) is 22.1. The second-order valence-corrected chi connectivity index (χ2v) is 12.2. The minimum atomic E-state index is -0.631. The Hall–Kier alpha value is -1.93. The molecule has 0 atom stereocenters. The molecule has 130 valence electrons. The van der Waals surface area contributed by atoms with E-state index in [2.05, 4.69) is 26.6 Å². The third kappa shape index (κ3) is 10.7. The summed E-state index contributed by atoms with van der Waals surface area (Å²) in [4.78, 5) is 11.7. The Labute approximate surface area is 149 Å². The Kier molecular flexibility index (Phi) is 11.5. The largest absolute Gasteiger partial charge is 0.289 e. The lowest BCUT2D eigenvalue weighted by molar-refractivity contribution is 0.104. The smallest absolute Gasteiger partial charge is 0.185 e. The highest BCUT2D eigenvalue weighted by atomic mass is 28.3. The van der Waals surface area contributed by atoms with E-state index in [1.165, 1.54) is 6.04 Å². The van der Waals surface area contributed by atoms with Gasteiger partial charge in [-0.2, -0.15) is 0 Å². The molecular formula is C22H32OSi. The van der Waals surface area contributed by atoms with Crippen LogP contribution in [0.15, 0.2) is 66.7 Å². The SMILES string of the molecule is CC.CC[Si](C)(C)C.O=C(C=Cc1ccccc1)c1ccccc1. The molecular weight excluding hydrogens is 308 g/mol. The van der Waals surface area contributed by atoms with E-state index in [0.29, 0.717) is 0 Å². The fraction of sp³-hybridized carbons (Fsp3) is 0.318. The standard InChI is InChI=1S/C15H12O.C5H14Si.C2H6/c16-15(14-9-5-2-6-10-14)12-11-13-7-3-1-4-8-13;1-5-6(2,3)4;1-2/h1-12H;5H2,1-4H3;1-2H3. The van der Waals surface area contributed by atoms with Gasteiger partial charge in [-0.1, -0.05) is 113 Å². The van der Waals surface area contributed by atoms with Crippen LogP contribution in [0.25, 0.3) is 6.08 Å². The summed E-state index contributed by atoms with van der Waals surface area (Å²) in [7, 11) is -0.631. The van der Waals surface area contributed by atoms with E-state index in [1.807, 2.05) is 80.6 Å². The second-order valence-electron chi connectivity index (χ2n) is 6.39. The van der Waals surface area contributed by atoms with Crippen LogP contribution in [0.5, 0.6) is 0 Å². The van der Waals surface area contributed by atoms with Crippen molar-refractivity contribution in [3.8, 4) is 0 Å². The van der Waals surface area contributed by atoms with Gasteiger partial charge in [0.1, 0.15) is 0 Å². The fourth-order valence-corrected chi connectivity index (χ4v) is 1.43. The number of carbonyl (C=O) groups is 1. The molecule has 0 saturated heterocycles. The Morgan fingerprint density at radius 1 is 0.875 bits per heavy atom. The molecule has 2 aromatic carbocycles. The zero-order chi connectivity index (χ0) is 18.4. The minimum Gasteiger partial charge on any atom is -0.289 e. The lowest BCUT2D eigenvalue weighted by atomic mass is 10.1. The van der Waals surface area contributed by atoms with Crippen LogP contribution in [0.3, 0.4) is 0 Å². The highest BCUT2D eigenvalue weighted by Gasteiger charge is 2.06. The van der Waals surface area contributed by atoms with Gasteiger partial charge in [-0.25, -0.2) is 0 Å². The molecule has 0 aliphatic heterocycles. The van der Waals surface area contributed by atoms with E-state index in [4.69, 9.17) is 0 Å². The Bertz CT molecular complexity index is 580. The lowest BCUT2D eigenvalue weighted by Crippen LogP contribution is -2.16. The molecule has 0 radical (unpaired) electrons. The topological polar surface area (TPSA) is 17.1 Å². The van der Waals surface area contributed by atoms with Crippen molar-refractivity contribution >= 4 is 19.9 Å². The normalized spacial score (nSPS) is 10.2. The van der Waals surface area contributed by atoms with Gasteiger partial charge >= 0.3 is 0 Å². The zero-order valence-corrected chi connectivity index (χ0v) is 17.0. The summed E-state index contributed by atoms with van der Waals surface area (Å²) in [6.07, 6.45) is 3.43. The predicted molar refractivity (Wildman–Crippen MR) is 111 cm³/mol. The van der Waals surface area contributed by atoms with Gasteiger partial charge in [0.05, 0.1) is 0 Å². The van der Waals surface area contributed by atoms with Gasteiger partial charge in [0.15, 0.2) is 5.78 Å². The van der Waals surface area contributed by atoms with Crippen molar-refractivity contribution in [2.45, 2.75) is 46.5 Å². The van der Waals surface area contributed by atoms with Crippen molar-refractivity contribution < 1.29 is 4.79 Å². The number of hydrogen-bond acceptors (Lipinski definition) is 1. The van der Waals surface area contributed by atoms with Crippen molar-refractivity contribution in [2.24, 2.45) is 0 Å². The van der Waals surface area contributed by atoms with E-state index in [0.717, 1.165) is 11.1 Å². The number of hydrogen-bond donors (Lipinski definition) is 0. The molecule has 0 N–H and O–H groups in total. The number of ketones is 1. The molecule has 2 aromatic rings. The minimum absolute atomic E-state index is 0.0319. The summed E-state index contributed by atoms with van der Waals surface area (Å²) >= 11 is 0. The van der Waals surface area contributed by atoms with Crippen LogP contribution in [-0.2, 0) is 0 Å². The Balaban J connectivity index is 0.000000563. The summed E-state index contributed by atoms with van der Waals surface area (Å²) < 4.78 is 0. The molecule has 2 heteroatoms. The van der Waals surface area contributed by atoms with E-state index in [9.17, 15) is 4.79 Å². The summed E-state index contributed by atoms with van der Waals surface area (Å²) in [5.74, 6) is 0.0319. The van der Waals surface area contributed by atoms with Gasteiger partial charge < -0.3 is 0 Å². The van der Waals surface area contributed by atoms with Crippen LogP contribution in [0.1, 0.15) is 36.7 Å². The van der Waals surface area contributed by atoms with Gasteiger partial charge in [0, 0.05) is 13.6 Å². The van der Waals surface area contributed by atoms with Crippen molar-refractivity contribution in [3.05, 3.63) is 77.9 Å². The van der Waals surface area contributed by atoms with E-state index >= 15 is 0 Å². The number of allylic oxidation sites excluding steroid dienone is 1. The molecule has 1 nitrogen and oxygen atoms in total. The Morgan fingerprint density at radius 3 is 1.71 bits per heavy atom. The highest BCUT2D eigenvalue weighted by Crippen LogP contribution is 2.05. The average Bonchev–Trinajstić information content (AvgIpc) is 2.63. The van der Waals surface area contributed by atoms with Crippen LogP contribution in [0.4, 0.5) is 0 Å². The third-order valence-electron chi connectivity index (χ3n) is 3.35. The molecule has 0 bridgehead atoms. The fourth-order valence-electron chi connectivity index (χ4n) is 1.43. The van der Waals surface area contributed by atoms with Crippen molar-refractivity contribution in [1.82, 2.24) is 0 Å². The van der Waals surface area contributed by atoms with Crippen LogP contribution in [-0.4, -0.2) is 13.9 Å². The first-order chi connectivity index (χ1) is 11.4. The van der Waals surface area contributed by atoms with Gasteiger partial charge in [-0.3, -0.25) is 4.79 Å². The van der Waals surface area contributed by atoms with Crippen LogP contribution in [0.2, 0.25) is 25.7 Å². The lowest BCUT2D eigenvalue weighted by Gasteiger charge is -2.09. The molecule has 0 saturated carbocycles. The molecule has 0 aromatic heterocycles. The number of benzene rings is 2. The maximum Gasteiger partial charge on any atom is 0.185 e. The highest BCUT2D eigenvalue weighted by molar-refractivity contribution is 6.75.